The van der Waals surface area contributed by atoms with Crippen molar-refractivity contribution in [1.29, 1.82) is 0 Å². The zero-order chi connectivity index (χ0) is 16.1. The normalized spacial score (nSPS) is 10.4. The number of hydrogen-bond donors (Lipinski definition) is 1. The molecule has 2 aromatic rings. The Morgan fingerprint density at radius 3 is 2.64 bits per heavy atom. The molecule has 0 unspecified atom stereocenters. The number of carbonyl (C=O) groups is 1. The molecule has 0 aromatic heterocycles. The second kappa shape index (κ2) is 6.89. The van der Waals surface area contributed by atoms with Gasteiger partial charge in [-0.05, 0) is 42.8 Å². The topological polar surface area (TPSA) is 47.6 Å². The monoisotopic (exact) mass is 307 g/mol. The van der Waals surface area contributed by atoms with E-state index in [-0.39, 0.29) is 11.3 Å². The van der Waals surface area contributed by atoms with E-state index in [0.717, 1.165) is 5.56 Å². The molecule has 1 amide bonds. The number of ether oxygens (including phenoxy) is 2. The predicted molar refractivity (Wildman–Crippen MR) is 78.8 cm³/mol. The maximum Gasteiger partial charge on any atom is 0.387 e. The summed E-state index contributed by atoms with van der Waals surface area (Å²) in [5.41, 5.74) is 1.67. The molecule has 6 heteroatoms. The van der Waals surface area contributed by atoms with Crippen molar-refractivity contribution in [1.82, 2.24) is 0 Å². The van der Waals surface area contributed by atoms with Crippen LogP contribution in [0, 0.1) is 6.92 Å². The van der Waals surface area contributed by atoms with Gasteiger partial charge in [-0.1, -0.05) is 12.1 Å². The minimum Gasteiger partial charge on any atom is -0.495 e. The van der Waals surface area contributed by atoms with Crippen molar-refractivity contribution in [3.63, 3.8) is 0 Å². The van der Waals surface area contributed by atoms with Gasteiger partial charge in [0.25, 0.3) is 5.91 Å². The standard InChI is InChI=1S/C16H15F2NO3/c1-10-6-7-14(21-2)13(8-10)19-15(20)11-4-3-5-12(9-11)22-16(17)18/h3-9,16H,1-2H3,(H,19,20). The lowest BCUT2D eigenvalue weighted by atomic mass is 10.1. The quantitative estimate of drug-likeness (QED) is 0.912. The van der Waals surface area contributed by atoms with Gasteiger partial charge < -0.3 is 14.8 Å². The van der Waals surface area contributed by atoms with Crippen molar-refractivity contribution >= 4 is 11.6 Å². The Kier molecular flexibility index (Phi) is 4.93. The smallest absolute Gasteiger partial charge is 0.387 e. The number of methoxy groups -OCH3 is 1. The highest BCUT2D eigenvalue weighted by atomic mass is 19.3. The molecule has 0 heterocycles. The zero-order valence-corrected chi connectivity index (χ0v) is 12.1. The number of alkyl halides is 2. The lowest BCUT2D eigenvalue weighted by molar-refractivity contribution is -0.0498. The first kappa shape index (κ1) is 15.8. The molecule has 116 valence electrons. The number of hydrogen-bond acceptors (Lipinski definition) is 3. The van der Waals surface area contributed by atoms with Crippen molar-refractivity contribution in [2.45, 2.75) is 13.5 Å². The maximum atomic E-state index is 12.2. The van der Waals surface area contributed by atoms with Crippen LogP contribution in [0.3, 0.4) is 0 Å². The van der Waals surface area contributed by atoms with E-state index in [1.807, 2.05) is 13.0 Å². The highest BCUT2D eigenvalue weighted by Crippen LogP contribution is 2.26. The number of rotatable bonds is 5. The largest absolute Gasteiger partial charge is 0.495 e. The molecule has 0 fully saturated rings. The fourth-order valence-electron chi connectivity index (χ4n) is 1.93. The summed E-state index contributed by atoms with van der Waals surface area (Å²) in [6.45, 7) is -1.05. The fraction of sp³-hybridized carbons (Fsp3) is 0.188. The van der Waals surface area contributed by atoms with Gasteiger partial charge in [-0.25, -0.2) is 0 Å². The van der Waals surface area contributed by atoms with Crippen molar-refractivity contribution in [3.8, 4) is 11.5 Å². The van der Waals surface area contributed by atoms with Crippen LogP contribution in [-0.2, 0) is 0 Å². The van der Waals surface area contributed by atoms with Crippen molar-refractivity contribution in [2.75, 3.05) is 12.4 Å². The molecule has 0 bridgehead atoms. The number of aryl methyl sites for hydroxylation is 1. The average Bonchev–Trinajstić information content (AvgIpc) is 2.47. The minimum absolute atomic E-state index is 0.0705. The van der Waals surface area contributed by atoms with Crippen LogP contribution in [-0.4, -0.2) is 19.6 Å². The predicted octanol–water partition coefficient (Wildman–Crippen LogP) is 3.86. The Balaban J connectivity index is 2.20. The molecule has 0 saturated heterocycles. The molecule has 1 N–H and O–H groups in total. The van der Waals surface area contributed by atoms with Crippen LogP contribution in [0.4, 0.5) is 14.5 Å². The molecule has 0 atom stereocenters. The fourth-order valence-corrected chi connectivity index (χ4v) is 1.93. The van der Waals surface area contributed by atoms with E-state index in [4.69, 9.17) is 4.74 Å². The summed E-state index contributed by atoms with van der Waals surface area (Å²) in [6, 6.07) is 10.9. The molecule has 2 aromatic carbocycles. The van der Waals surface area contributed by atoms with Gasteiger partial charge in [0.2, 0.25) is 0 Å². The van der Waals surface area contributed by atoms with Crippen molar-refractivity contribution < 1.29 is 23.0 Å². The van der Waals surface area contributed by atoms with Crippen LogP contribution < -0.4 is 14.8 Å². The lowest BCUT2D eigenvalue weighted by Crippen LogP contribution is -2.13. The highest BCUT2D eigenvalue weighted by Gasteiger charge is 2.12. The molecule has 0 aliphatic heterocycles. The van der Waals surface area contributed by atoms with Gasteiger partial charge in [-0.3, -0.25) is 4.79 Å². The zero-order valence-electron chi connectivity index (χ0n) is 12.1. The summed E-state index contributed by atoms with van der Waals surface area (Å²) >= 11 is 0. The molecule has 4 nitrogen and oxygen atoms in total. The Morgan fingerprint density at radius 1 is 1.18 bits per heavy atom. The lowest BCUT2D eigenvalue weighted by Gasteiger charge is -2.11. The van der Waals surface area contributed by atoms with E-state index in [2.05, 4.69) is 10.1 Å². The molecule has 0 radical (unpaired) electrons. The number of nitrogens with one attached hydrogen (secondary N) is 1. The van der Waals surface area contributed by atoms with Gasteiger partial charge in [0, 0.05) is 5.56 Å². The molecular formula is C16H15F2NO3. The van der Waals surface area contributed by atoms with Crippen molar-refractivity contribution in [3.05, 3.63) is 53.6 Å². The summed E-state index contributed by atoms with van der Waals surface area (Å²) in [5.74, 6) is 0.00130. The summed E-state index contributed by atoms with van der Waals surface area (Å²) < 4.78 is 33.9. The molecule has 0 aliphatic rings. The maximum absolute atomic E-state index is 12.2. The second-order valence-electron chi connectivity index (χ2n) is 4.56. The summed E-state index contributed by atoms with van der Waals surface area (Å²) in [5, 5.41) is 2.69. The van der Waals surface area contributed by atoms with Gasteiger partial charge in [-0.2, -0.15) is 8.78 Å². The SMILES string of the molecule is COc1ccc(C)cc1NC(=O)c1cccc(OC(F)F)c1. The Morgan fingerprint density at radius 2 is 1.95 bits per heavy atom. The van der Waals surface area contributed by atoms with Crippen LogP contribution in [0.1, 0.15) is 15.9 Å². The number of halogens is 2. The molecule has 0 spiro atoms. The van der Waals surface area contributed by atoms with Crippen LogP contribution in [0.15, 0.2) is 42.5 Å². The van der Waals surface area contributed by atoms with Gasteiger partial charge in [0.15, 0.2) is 0 Å². The summed E-state index contributed by atoms with van der Waals surface area (Å²) in [7, 11) is 1.50. The minimum atomic E-state index is -2.94. The van der Waals surface area contributed by atoms with Gasteiger partial charge in [0.1, 0.15) is 11.5 Å². The van der Waals surface area contributed by atoms with Gasteiger partial charge >= 0.3 is 6.61 Å². The average molecular weight is 307 g/mol. The van der Waals surface area contributed by atoms with E-state index in [1.165, 1.54) is 31.4 Å². The highest BCUT2D eigenvalue weighted by molar-refractivity contribution is 6.05. The second-order valence-corrected chi connectivity index (χ2v) is 4.56. The summed E-state index contributed by atoms with van der Waals surface area (Å²) in [6.07, 6.45) is 0. The van der Waals surface area contributed by atoms with Crippen LogP contribution in [0.2, 0.25) is 0 Å². The van der Waals surface area contributed by atoms with Crippen LogP contribution >= 0.6 is 0 Å². The van der Waals surface area contributed by atoms with E-state index >= 15 is 0 Å². The van der Waals surface area contributed by atoms with E-state index in [1.54, 1.807) is 12.1 Å². The first-order valence-electron chi connectivity index (χ1n) is 6.50. The van der Waals surface area contributed by atoms with E-state index in [9.17, 15) is 13.6 Å². The number of anilines is 1. The Bertz CT molecular complexity index is 674. The van der Waals surface area contributed by atoms with Gasteiger partial charge in [0.05, 0.1) is 12.8 Å². The van der Waals surface area contributed by atoms with Crippen LogP contribution in [0.5, 0.6) is 11.5 Å². The molecule has 22 heavy (non-hydrogen) atoms. The molecule has 2 rings (SSSR count). The third-order valence-electron chi connectivity index (χ3n) is 2.92. The van der Waals surface area contributed by atoms with Gasteiger partial charge in [-0.15, -0.1) is 0 Å². The van der Waals surface area contributed by atoms with Crippen LogP contribution in [0.25, 0.3) is 0 Å². The first-order chi connectivity index (χ1) is 10.5. The van der Waals surface area contributed by atoms with E-state index < -0.39 is 12.5 Å². The first-order valence-corrected chi connectivity index (χ1v) is 6.50. The summed E-state index contributed by atoms with van der Waals surface area (Å²) in [4.78, 5) is 12.2. The Hall–Kier alpha value is -2.63. The molecule has 0 saturated carbocycles. The van der Waals surface area contributed by atoms with E-state index in [0.29, 0.717) is 11.4 Å². The molecule has 0 aliphatic carbocycles. The number of carbonyl (C=O) groups excluding carboxylic acids is 1. The molecular weight excluding hydrogens is 292 g/mol. The van der Waals surface area contributed by atoms with Crippen molar-refractivity contribution in [2.24, 2.45) is 0 Å². The Labute approximate surface area is 126 Å². The number of benzene rings is 2. The number of amides is 1. The third-order valence-corrected chi connectivity index (χ3v) is 2.92. The third kappa shape index (κ3) is 3.94.